The van der Waals surface area contributed by atoms with Crippen molar-refractivity contribution in [3.63, 3.8) is 0 Å². The van der Waals surface area contributed by atoms with Crippen LogP contribution in [0.2, 0.25) is 5.02 Å². The zero-order valence-electron chi connectivity index (χ0n) is 16.7. The molecule has 0 radical (unpaired) electrons. The van der Waals surface area contributed by atoms with Crippen molar-refractivity contribution in [3.8, 4) is 5.75 Å². The van der Waals surface area contributed by atoms with Gasteiger partial charge in [-0.05, 0) is 56.3 Å². The van der Waals surface area contributed by atoms with Gasteiger partial charge in [-0.15, -0.1) is 0 Å². The number of nitrogens with zero attached hydrogens (tertiary/aromatic N) is 4. The number of fused-ring (bicyclic) bond motifs is 1. The van der Waals surface area contributed by atoms with E-state index in [-0.39, 0.29) is 12.0 Å². The maximum absolute atomic E-state index is 13.4. The van der Waals surface area contributed by atoms with Gasteiger partial charge >= 0.3 is 0 Å². The molecule has 0 N–H and O–H groups in total. The first-order valence-corrected chi connectivity index (χ1v) is 10.8. The van der Waals surface area contributed by atoms with Crippen molar-refractivity contribution in [1.82, 2.24) is 14.8 Å². The molecule has 0 saturated heterocycles. The van der Waals surface area contributed by atoms with E-state index in [2.05, 4.69) is 10.1 Å². The molecule has 2 aromatic carbocycles. The number of para-hydroxylation sites is 1. The minimum Gasteiger partial charge on any atom is -0.491 e. The summed E-state index contributed by atoms with van der Waals surface area (Å²) in [6, 6.07) is 14.7. The van der Waals surface area contributed by atoms with Gasteiger partial charge in [-0.3, -0.25) is 14.4 Å². The van der Waals surface area contributed by atoms with E-state index in [0.29, 0.717) is 34.3 Å². The lowest BCUT2D eigenvalue weighted by Crippen LogP contribution is -2.34. The van der Waals surface area contributed by atoms with Crippen LogP contribution in [0, 0.1) is 0 Å². The number of thiazole rings is 1. The minimum absolute atomic E-state index is 0.0737. The molecular formula is C22H21ClN4O2S. The highest BCUT2D eigenvalue weighted by molar-refractivity contribution is 7.22. The predicted molar refractivity (Wildman–Crippen MR) is 121 cm³/mol. The zero-order chi connectivity index (χ0) is 21.1. The van der Waals surface area contributed by atoms with Gasteiger partial charge in [0.2, 0.25) is 0 Å². The number of hydrogen-bond donors (Lipinski definition) is 0. The Labute approximate surface area is 183 Å². The Morgan fingerprint density at radius 1 is 1.20 bits per heavy atom. The summed E-state index contributed by atoms with van der Waals surface area (Å²) >= 11 is 7.75. The van der Waals surface area contributed by atoms with Crippen molar-refractivity contribution >= 4 is 44.2 Å². The average Bonchev–Trinajstić information content (AvgIpc) is 3.39. The zero-order valence-corrected chi connectivity index (χ0v) is 18.2. The highest BCUT2D eigenvalue weighted by atomic mass is 35.5. The molecule has 0 unspecified atom stereocenters. The molecule has 0 aliphatic rings. The van der Waals surface area contributed by atoms with E-state index in [0.717, 1.165) is 10.4 Å². The normalized spacial score (nSPS) is 11.2. The molecule has 30 heavy (non-hydrogen) atoms. The number of anilines is 1. The molecular weight excluding hydrogens is 420 g/mol. The molecule has 4 aromatic rings. The SMILES string of the molecule is CC(C)Oc1ccc(C(=O)N(CCn2cccn2)c2nc3c(Cl)cccc3s2)cc1. The van der Waals surface area contributed by atoms with Gasteiger partial charge in [0, 0.05) is 24.5 Å². The Kier molecular flexibility index (Phi) is 6.01. The molecule has 0 fully saturated rings. The van der Waals surface area contributed by atoms with Gasteiger partial charge in [0.25, 0.3) is 5.91 Å². The topological polar surface area (TPSA) is 60.2 Å². The Balaban J connectivity index is 1.65. The molecule has 0 spiro atoms. The molecule has 0 aliphatic heterocycles. The summed E-state index contributed by atoms with van der Waals surface area (Å²) in [5.74, 6) is 0.602. The van der Waals surface area contributed by atoms with E-state index in [9.17, 15) is 4.79 Å². The van der Waals surface area contributed by atoms with Crippen molar-refractivity contribution in [1.29, 1.82) is 0 Å². The van der Waals surface area contributed by atoms with E-state index in [4.69, 9.17) is 16.3 Å². The van der Waals surface area contributed by atoms with E-state index >= 15 is 0 Å². The molecule has 0 bridgehead atoms. The Hall–Kier alpha value is -2.90. The first kappa shape index (κ1) is 20.4. The third-order valence-electron chi connectivity index (χ3n) is 4.42. The molecule has 4 rings (SSSR count). The van der Waals surface area contributed by atoms with Crippen molar-refractivity contribution in [2.75, 3.05) is 11.4 Å². The van der Waals surface area contributed by atoms with Gasteiger partial charge in [-0.25, -0.2) is 4.98 Å². The fourth-order valence-electron chi connectivity index (χ4n) is 3.04. The summed E-state index contributed by atoms with van der Waals surface area (Å²) in [7, 11) is 0. The second-order valence-corrected chi connectivity index (χ2v) is 8.42. The number of carbonyl (C=O) groups excluding carboxylic acids is 1. The Morgan fingerprint density at radius 3 is 2.67 bits per heavy atom. The second kappa shape index (κ2) is 8.85. The molecule has 2 aromatic heterocycles. The van der Waals surface area contributed by atoms with E-state index in [1.165, 1.54) is 11.3 Å². The molecule has 0 aliphatic carbocycles. The molecule has 0 saturated carbocycles. The van der Waals surface area contributed by atoms with Crippen molar-refractivity contribution in [3.05, 3.63) is 71.5 Å². The number of aromatic nitrogens is 3. The summed E-state index contributed by atoms with van der Waals surface area (Å²) in [6.45, 7) is 4.92. The third-order valence-corrected chi connectivity index (χ3v) is 5.77. The van der Waals surface area contributed by atoms with Crippen molar-refractivity contribution < 1.29 is 9.53 Å². The number of ether oxygens (including phenoxy) is 1. The quantitative estimate of drug-likeness (QED) is 0.392. The molecule has 1 amide bonds. The number of carbonyl (C=O) groups is 1. The lowest BCUT2D eigenvalue weighted by atomic mass is 10.2. The van der Waals surface area contributed by atoms with Gasteiger partial charge in [0.15, 0.2) is 5.13 Å². The van der Waals surface area contributed by atoms with Crippen molar-refractivity contribution in [2.45, 2.75) is 26.5 Å². The predicted octanol–water partition coefficient (Wildman–Crippen LogP) is 5.28. The fraction of sp³-hybridized carbons (Fsp3) is 0.227. The first-order valence-electron chi connectivity index (χ1n) is 9.62. The highest BCUT2D eigenvalue weighted by Crippen LogP contribution is 2.33. The number of amides is 1. The van der Waals surface area contributed by atoms with Crippen molar-refractivity contribution in [2.24, 2.45) is 0 Å². The smallest absolute Gasteiger partial charge is 0.260 e. The summed E-state index contributed by atoms with van der Waals surface area (Å²) in [4.78, 5) is 19.7. The summed E-state index contributed by atoms with van der Waals surface area (Å²) in [5.41, 5.74) is 1.27. The summed E-state index contributed by atoms with van der Waals surface area (Å²) in [5, 5.41) is 5.42. The van der Waals surface area contributed by atoms with Gasteiger partial charge in [-0.2, -0.15) is 5.10 Å². The number of hydrogen-bond acceptors (Lipinski definition) is 5. The Bertz CT molecular complexity index is 1140. The molecule has 6 nitrogen and oxygen atoms in total. The largest absolute Gasteiger partial charge is 0.491 e. The number of halogens is 1. The van der Waals surface area contributed by atoms with Crippen LogP contribution in [-0.2, 0) is 6.54 Å². The lowest BCUT2D eigenvalue weighted by molar-refractivity contribution is 0.0985. The molecule has 0 atom stereocenters. The maximum Gasteiger partial charge on any atom is 0.260 e. The van der Waals surface area contributed by atoms with E-state index in [1.54, 1.807) is 34.0 Å². The average molecular weight is 441 g/mol. The van der Waals surface area contributed by atoms with Gasteiger partial charge < -0.3 is 4.74 Å². The van der Waals surface area contributed by atoms with Crippen LogP contribution < -0.4 is 9.64 Å². The van der Waals surface area contributed by atoms with Crippen LogP contribution in [0.4, 0.5) is 5.13 Å². The van der Waals surface area contributed by atoms with Crippen LogP contribution in [0.1, 0.15) is 24.2 Å². The highest BCUT2D eigenvalue weighted by Gasteiger charge is 2.22. The number of rotatable bonds is 7. The van der Waals surface area contributed by atoms with Crippen LogP contribution in [-0.4, -0.2) is 33.3 Å². The molecule has 154 valence electrons. The standard InChI is InChI=1S/C22H21ClN4O2S/c1-15(2)29-17-9-7-16(8-10-17)21(28)27(14-13-26-12-4-11-24-26)22-25-20-18(23)5-3-6-19(20)30-22/h3-12,15H,13-14H2,1-2H3. The molecule has 2 heterocycles. The van der Waals surface area contributed by atoms with Crippen LogP contribution in [0.5, 0.6) is 5.75 Å². The summed E-state index contributed by atoms with van der Waals surface area (Å²) in [6.07, 6.45) is 3.66. The maximum atomic E-state index is 13.4. The van der Waals surface area contributed by atoms with E-state index < -0.39 is 0 Å². The minimum atomic E-state index is -0.131. The van der Waals surface area contributed by atoms with Gasteiger partial charge in [-0.1, -0.05) is 29.0 Å². The Morgan fingerprint density at radius 2 is 2.00 bits per heavy atom. The van der Waals surface area contributed by atoms with Gasteiger partial charge in [0.05, 0.1) is 22.4 Å². The summed E-state index contributed by atoms with van der Waals surface area (Å²) < 4.78 is 8.41. The third kappa shape index (κ3) is 4.47. The van der Waals surface area contributed by atoms with E-state index in [1.807, 2.05) is 50.4 Å². The lowest BCUT2D eigenvalue weighted by Gasteiger charge is -2.20. The van der Waals surface area contributed by atoms with Crippen LogP contribution in [0.15, 0.2) is 60.9 Å². The van der Waals surface area contributed by atoms with Crippen LogP contribution in [0.25, 0.3) is 10.2 Å². The molecule has 8 heteroatoms. The van der Waals surface area contributed by atoms with Gasteiger partial charge in [0.1, 0.15) is 11.3 Å². The van der Waals surface area contributed by atoms with Crippen LogP contribution in [0.3, 0.4) is 0 Å². The fourth-order valence-corrected chi connectivity index (χ4v) is 4.33. The number of benzene rings is 2. The van der Waals surface area contributed by atoms with Crippen LogP contribution >= 0.6 is 22.9 Å². The first-order chi connectivity index (χ1) is 14.5. The monoisotopic (exact) mass is 440 g/mol. The second-order valence-electron chi connectivity index (χ2n) is 7.00.